The molecule has 2 atom stereocenters. The first-order valence-electron chi connectivity index (χ1n) is 8.07. The highest BCUT2D eigenvalue weighted by molar-refractivity contribution is 5.06. The molecule has 2 unspecified atom stereocenters. The maximum absolute atomic E-state index is 9.42. The van der Waals surface area contributed by atoms with Crippen molar-refractivity contribution < 1.29 is 0 Å². The Balaban J connectivity index is 2.40. The number of hydrogen-bond acceptors (Lipinski definition) is 3. The molecule has 0 radical (unpaired) electrons. The largest absolute Gasteiger partial charge is 0.301 e. The van der Waals surface area contributed by atoms with Crippen molar-refractivity contribution >= 4 is 0 Å². The van der Waals surface area contributed by atoms with Crippen molar-refractivity contribution in [2.75, 3.05) is 19.6 Å². The van der Waals surface area contributed by atoms with Crippen LogP contribution in [-0.2, 0) is 0 Å². The summed E-state index contributed by atoms with van der Waals surface area (Å²) in [6, 6.07) is 3.22. The van der Waals surface area contributed by atoms with Gasteiger partial charge in [-0.25, -0.2) is 0 Å². The maximum Gasteiger partial charge on any atom is 0.106 e. The highest BCUT2D eigenvalue weighted by atomic mass is 15.1. The molecule has 0 aromatic rings. The maximum atomic E-state index is 9.42. The highest BCUT2D eigenvalue weighted by Gasteiger charge is 2.26. The zero-order chi connectivity index (χ0) is 14.1. The van der Waals surface area contributed by atoms with Crippen LogP contribution in [0.15, 0.2) is 0 Å². The van der Waals surface area contributed by atoms with E-state index in [0.717, 1.165) is 38.4 Å². The van der Waals surface area contributed by atoms with E-state index in [-0.39, 0.29) is 5.54 Å². The summed E-state index contributed by atoms with van der Waals surface area (Å²) in [6.45, 7) is 9.82. The monoisotopic (exact) mass is 265 g/mol. The van der Waals surface area contributed by atoms with Gasteiger partial charge in [0.2, 0.25) is 0 Å². The van der Waals surface area contributed by atoms with Crippen molar-refractivity contribution in [1.82, 2.24) is 10.2 Å². The Labute approximate surface area is 119 Å². The molecule has 1 heterocycles. The van der Waals surface area contributed by atoms with Crippen LogP contribution in [0, 0.1) is 11.3 Å². The third kappa shape index (κ3) is 5.12. The van der Waals surface area contributed by atoms with Crippen LogP contribution in [-0.4, -0.2) is 36.1 Å². The van der Waals surface area contributed by atoms with E-state index in [9.17, 15) is 5.26 Å². The topological polar surface area (TPSA) is 39.1 Å². The molecule has 0 saturated carbocycles. The first-order valence-corrected chi connectivity index (χ1v) is 8.07. The van der Waals surface area contributed by atoms with Crippen molar-refractivity contribution in [1.29, 1.82) is 5.26 Å². The molecular formula is C16H31N3. The van der Waals surface area contributed by atoms with Crippen LogP contribution in [0.5, 0.6) is 0 Å². The number of nitriles is 1. The van der Waals surface area contributed by atoms with Gasteiger partial charge in [0.25, 0.3) is 0 Å². The minimum absolute atomic E-state index is 0.302. The number of rotatable bonds is 7. The van der Waals surface area contributed by atoms with Gasteiger partial charge in [-0.3, -0.25) is 5.32 Å². The molecule has 0 bridgehead atoms. The lowest BCUT2D eigenvalue weighted by Crippen LogP contribution is -2.44. The molecule has 3 nitrogen and oxygen atoms in total. The summed E-state index contributed by atoms with van der Waals surface area (Å²) in [4.78, 5) is 2.62. The molecule has 1 saturated heterocycles. The molecular weight excluding hydrogens is 234 g/mol. The Morgan fingerprint density at radius 2 is 2.11 bits per heavy atom. The molecule has 3 heteroatoms. The van der Waals surface area contributed by atoms with Gasteiger partial charge in [0.1, 0.15) is 5.54 Å². The van der Waals surface area contributed by atoms with Crippen molar-refractivity contribution in [2.24, 2.45) is 0 Å². The summed E-state index contributed by atoms with van der Waals surface area (Å²) in [6.07, 6.45) is 8.43. The van der Waals surface area contributed by atoms with Crippen LogP contribution >= 0.6 is 0 Å². The SMILES string of the molecule is CCNC(C#N)(CC)CCCN1CCCCCC1C. The fraction of sp³-hybridized carbons (Fsp3) is 0.938. The van der Waals surface area contributed by atoms with E-state index in [1.165, 1.54) is 32.2 Å². The number of nitrogens with one attached hydrogen (secondary N) is 1. The molecule has 0 amide bonds. The van der Waals surface area contributed by atoms with E-state index >= 15 is 0 Å². The van der Waals surface area contributed by atoms with Crippen molar-refractivity contribution in [2.45, 2.75) is 77.3 Å². The molecule has 0 aliphatic carbocycles. The van der Waals surface area contributed by atoms with Crippen LogP contribution in [0.3, 0.4) is 0 Å². The summed E-state index contributed by atoms with van der Waals surface area (Å²) < 4.78 is 0. The van der Waals surface area contributed by atoms with E-state index in [2.05, 4.69) is 37.1 Å². The number of likely N-dealkylation sites (tertiary alicyclic amines) is 1. The molecule has 0 aromatic carbocycles. The lowest BCUT2D eigenvalue weighted by atomic mass is 9.91. The fourth-order valence-corrected chi connectivity index (χ4v) is 3.15. The molecule has 0 aromatic heterocycles. The van der Waals surface area contributed by atoms with Gasteiger partial charge in [-0.05, 0) is 58.7 Å². The molecule has 1 aliphatic rings. The second-order valence-corrected chi connectivity index (χ2v) is 5.92. The Bertz CT molecular complexity index is 284. The predicted octanol–water partition coefficient (Wildman–Crippen LogP) is 3.31. The van der Waals surface area contributed by atoms with Gasteiger partial charge in [0.15, 0.2) is 0 Å². The lowest BCUT2D eigenvalue weighted by molar-refractivity contribution is 0.201. The minimum atomic E-state index is -0.302. The van der Waals surface area contributed by atoms with E-state index in [1.807, 2.05) is 0 Å². The van der Waals surface area contributed by atoms with Crippen LogP contribution in [0.2, 0.25) is 0 Å². The third-order valence-corrected chi connectivity index (χ3v) is 4.57. The number of nitrogens with zero attached hydrogens (tertiary/aromatic N) is 2. The van der Waals surface area contributed by atoms with E-state index in [1.54, 1.807) is 0 Å². The van der Waals surface area contributed by atoms with Gasteiger partial charge < -0.3 is 4.90 Å². The van der Waals surface area contributed by atoms with Crippen molar-refractivity contribution in [3.63, 3.8) is 0 Å². The van der Waals surface area contributed by atoms with Gasteiger partial charge in [-0.15, -0.1) is 0 Å². The predicted molar refractivity (Wildman–Crippen MR) is 81.0 cm³/mol. The van der Waals surface area contributed by atoms with Gasteiger partial charge in [0.05, 0.1) is 6.07 Å². The summed E-state index contributed by atoms with van der Waals surface area (Å²) in [5, 5.41) is 12.8. The van der Waals surface area contributed by atoms with Gasteiger partial charge >= 0.3 is 0 Å². The molecule has 110 valence electrons. The zero-order valence-electron chi connectivity index (χ0n) is 13.0. The average molecular weight is 265 g/mol. The van der Waals surface area contributed by atoms with Crippen molar-refractivity contribution in [3.8, 4) is 6.07 Å². The van der Waals surface area contributed by atoms with E-state index in [0.29, 0.717) is 0 Å². The molecule has 1 N–H and O–H groups in total. The van der Waals surface area contributed by atoms with Crippen LogP contribution in [0.25, 0.3) is 0 Å². The van der Waals surface area contributed by atoms with Gasteiger partial charge in [0, 0.05) is 6.04 Å². The van der Waals surface area contributed by atoms with Gasteiger partial charge in [-0.2, -0.15) is 5.26 Å². The van der Waals surface area contributed by atoms with E-state index in [4.69, 9.17) is 0 Å². The third-order valence-electron chi connectivity index (χ3n) is 4.57. The van der Waals surface area contributed by atoms with Crippen LogP contribution in [0.1, 0.15) is 65.7 Å². The summed E-state index contributed by atoms with van der Waals surface area (Å²) in [5.74, 6) is 0. The highest BCUT2D eigenvalue weighted by Crippen LogP contribution is 2.20. The molecule has 0 spiro atoms. The van der Waals surface area contributed by atoms with Gasteiger partial charge in [-0.1, -0.05) is 26.7 Å². The van der Waals surface area contributed by atoms with E-state index < -0.39 is 0 Å². The minimum Gasteiger partial charge on any atom is -0.301 e. The Hall–Kier alpha value is -0.590. The summed E-state index contributed by atoms with van der Waals surface area (Å²) >= 11 is 0. The molecule has 1 aliphatic heterocycles. The quantitative estimate of drug-likeness (QED) is 0.767. The zero-order valence-corrected chi connectivity index (χ0v) is 13.0. The first kappa shape index (κ1) is 16.5. The first-order chi connectivity index (χ1) is 9.17. The standard InChI is InChI=1S/C16H31N3/c1-4-16(14-17,18-5-2)11-9-13-19-12-8-6-7-10-15(19)3/h15,18H,4-13H2,1-3H3. The summed E-state index contributed by atoms with van der Waals surface area (Å²) in [5.41, 5.74) is -0.302. The fourth-order valence-electron chi connectivity index (χ4n) is 3.15. The normalized spacial score (nSPS) is 24.4. The summed E-state index contributed by atoms with van der Waals surface area (Å²) in [7, 11) is 0. The molecule has 1 rings (SSSR count). The van der Waals surface area contributed by atoms with Crippen molar-refractivity contribution in [3.05, 3.63) is 0 Å². The number of hydrogen-bond donors (Lipinski definition) is 1. The van der Waals surface area contributed by atoms with Crippen LogP contribution < -0.4 is 5.32 Å². The Morgan fingerprint density at radius 3 is 2.74 bits per heavy atom. The average Bonchev–Trinajstić information content (AvgIpc) is 2.63. The Morgan fingerprint density at radius 1 is 1.32 bits per heavy atom. The second kappa shape index (κ2) is 8.55. The smallest absolute Gasteiger partial charge is 0.106 e. The molecule has 1 fully saturated rings. The lowest BCUT2D eigenvalue weighted by Gasteiger charge is -2.30. The Kier molecular flexibility index (Phi) is 7.41. The van der Waals surface area contributed by atoms with Crippen LogP contribution in [0.4, 0.5) is 0 Å². The second-order valence-electron chi connectivity index (χ2n) is 5.92. The molecule has 19 heavy (non-hydrogen) atoms.